The molecule has 2 heterocycles. The van der Waals surface area contributed by atoms with Crippen molar-refractivity contribution in [1.82, 2.24) is 10.2 Å². The van der Waals surface area contributed by atoms with Crippen molar-refractivity contribution in [2.24, 2.45) is 5.92 Å². The third-order valence-corrected chi connectivity index (χ3v) is 4.58. The molecule has 112 valence electrons. The molecule has 1 aliphatic rings. The van der Waals surface area contributed by atoms with Crippen molar-refractivity contribution in [2.75, 3.05) is 13.7 Å². The molecule has 0 aromatic carbocycles. The summed E-state index contributed by atoms with van der Waals surface area (Å²) in [7, 11) is 1.70. The number of rotatable bonds is 6. The van der Waals surface area contributed by atoms with Gasteiger partial charge in [0.15, 0.2) is 0 Å². The summed E-state index contributed by atoms with van der Waals surface area (Å²) in [6.07, 6.45) is 0.850. The monoisotopic (exact) mass is 296 g/mol. The van der Waals surface area contributed by atoms with E-state index in [9.17, 15) is 4.79 Å². The first-order valence-corrected chi connectivity index (χ1v) is 8.09. The summed E-state index contributed by atoms with van der Waals surface area (Å²) in [6, 6.07) is 2.17. The number of ether oxygens (including phenoxy) is 1. The molecule has 0 bridgehead atoms. The van der Waals surface area contributed by atoms with Gasteiger partial charge in [0, 0.05) is 19.8 Å². The van der Waals surface area contributed by atoms with Crippen LogP contribution in [0.4, 0.5) is 0 Å². The van der Waals surface area contributed by atoms with Gasteiger partial charge in [0.05, 0.1) is 6.04 Å². The average Bonchev–Trinajstić information content (AvgIpc) is 3.02. The van der Waals surface area contributed by atoms with Crippen molar-refractivity contribution < 1.29 is 9.53 Å². The Morgan fingerprint density at radius 2 is 2.20 bits per heavy atom. The van der Waals surface area contributed by atoms with Crippen molar-refractivity contribution in [3.63, 3.8) is 0 Å². The van der Waals surface area contributed by atoms with Crippen molar-refractivity contribution in [1.29, 1.82) is 0 Å². The molecule has 1 fully saturated rings. The number of hydrogen-bond donors (Lipinski definition) is 1. The number of carbonyl (C=O) groups excluding carboxylic acids is 1. The van der Waals surface area contributed by atoms with Gasteiger partial charge in [-0.15, -0.1) is 0 Å². The van der Waals surface area contributed by atoms with Gasteiger partial charge in [-0.2, -0.15) is 11.3 Å². The second-order valence-corrected chi connectivity index (χ2v) is 6.50. The highest BCUT2D eigenvalue weighted by atomic mass is 32.1. The molecular weight excluding hydrogens is 272 g/mol. The van der Waals surface area contributed by atoms with Gasteiger partial charge in [0.1, 0.15) is 6.17 Å². The van der Waals surface area contributed by atoms with Gasteiger partial charge in [-0.3, -0.25) is 10.1 Å². The van der Waals surface area contributed by atoms with Gasteiger partial charge < -0.3 is 9.64 Å². The van der Waals surface area contributed by atoms with Crippen LogP contribution in [0.1, 0.15) is 38.9 Å². The molecule has 5 heteroatoms. The van der Waals surface area contributed by atoms with Gasteiger partial charge >= 0.3 is 0 Å². The van der Waals surface area contributed by atoms with Gasteiger partial charge in [-0.1, -0.05) is 13.8 Å². The zero-order valence-corrected chi connectivity index (χ0v) is 13.4. The normalized spacial score (nSPS) is 24.6. The van der Waals surface area contributed by atoms with Crippen LogP contribution in [0.15, 0.2) is 16.8 Å². The molecule has 1 N–H and O–H groups in total. The summed E-state index contributed by atoms with van der Waals surface area (Å²) in [6.45, 7) is 6.95. The van der Waals surface area contributed by atoms with Crippen molar-refractivity contribution in [3.8, 4) is 0 Å². The maximum atomic E-state index is 12.7. The molecule has 1 aliphatic heterocycles. The third-order valence-electron chi connectivity index (χ3n) is 3.88. The Labute approximate surface area is 125 Å². The molecule has 1 aromatic rings. The van der Waals surface area contributed by atoms with Crippen molar-refractivity contribution >= 4 is 17.2 Å². The average molecular weight is 296 g/mol. The molecule has 0 saturated carbocycles. The predicted octanol–water partition coefficient (Wildman–Crippen LogP) is 2.63. The van der Waals surface area contributed by atoms with E-state index >= 15 is 0 Å². The molecule has 3 unspecified atom stereocenters. The van der Waals surface area contributed by atoms with Crippen LogP contribution in [0.3, 0.4) is 0 Å². The summed E-state index contributed by atoms with van der Waals surface area (Å²) in [5.74, 6) is 0.503. The molecule has 1 saturated heterocycles. The maximum Gasteiger partial charge on any atom is 0.241 e. The molecule has 3 atom stereocenters. The minimum absolute atomic E-state index is 0.00648. The lowest BCUT2D eigenvalue weighted by molar-refractivity contribution is -0.133. The molecular formula is C15H24N2O2S. The largest absolute Gasteiger partial charge is 0.385 e. The lowest BCUT2D eigenvalue weighted by Gasteiger charge is -2.30. The highest BCUT2D eigenvalue weighted by Crippen LogP contribution is 2.31. The number of nitrogens with zero attached hydrogens (tertiary/aromatic N) is 1. The van der Waals surface area contributed by atoms with E-state index in [0.717, 1.165) is 6.42 Å². The van der Waals surface area contributed by atoms with E-state index in [0.29, 0.717) is 12.5 Å². The van der Waals surface area contributed by atoms with Gasteiger partial charge in [0.25, 0.3) is 0 Å². The minimum atomic E-state index is -0.0927. The second kappa shape index (κ2) is 6.70. The van der Waals surface area contributed by atoms with E-state index < -0.39 is 0 Å². The topological polar surface area (TPSA) is 41.6 Å². The van der Waals surface area contributed by atoms with E-state index in [1.807, 2.05) is 4.90 Å². The molecule has 20 heavy (non-hydrogen) atoms. The second-order valence-electron chi connectivity index (χ2n) is 5.72. The standard InChI is InChI=1S/C15H24N2O2S/c1-10(2)13-15(18)17(11(3)5-7-19-4)14(16-13)12-6-8-20-9-12/h6,8-11,13-14,16H,5,7H2,1-4H3. The highest BCUT2D eigenvalue weighted by molar-refractivity contribution is 7.07. The molecule has 0 spiro atoms. The summed E-state index contributed by atoms with van der Waals surface area (Å²) in [5, 5.41) is 7.66. The van der Waals surface area contributed by atoms with Crippen LogP contribution in [0.5, 0.6) is 0 Å². The Morgan fingerprint density at radius 3 is 2.75 bits per heavy atom. The predicted molar refractivity (Wildman–Crippen MR) is 81.6 cm³/mol. The SMILES string of the molecule is COCCC(C)N1C(=O)C(C(C)C)NC1c1ccsc1. The summed E-state index contributed by atoms with van der Waals surface area (Å²) < 4.78 is 5.15. The van der Waals surface area contributed by atoms with Gasteiger partial charge in [0.2, 0.25) is 5.91 Å². The van der Waals surface area contributed by atoms with Crippen LogP contribution < -0.4 is 5.32 Å². The Morgan fingerprint density at radius 1 is 1.45 bits per heavy atom. The maximum absolute atomic E-state index is 12.7. The first-order chi connectivity index (χ1) is 9.56. The third kappa shape index (κ3) is 3.05. The quantitative estimate of drug-likeness (QED) is 0.877. The summed E-state index contributed by atoms with van der Waals surface area (Å²) in [5.41, 5.74) is 1.18. The molecule has 1 aromatic heterocycles. The summed E-state index contributed by atoms with van der Waals surface area (Å²) >= 11 is 1.67. The van der Waals surface area contributed by atoms with Crippen molar-refractivity contribution in [3.05, 3.63) is 22.4 Å². The first kappa shape index (κ1) is 15.5. The number of thiophene rings is 1. The number of carbonyl (C=O) groups is 1. The number of nitrogens with one attached hydrogen (secondary N) is 1. The van der Waals surface area contributed by atoms with E-state index in [1.54, 1.807) is 18.4 Å². The van der Waals surface area contributed by atoms with Crippen LogP contribution >= 0.6 is 11.3 Å². The van der Waals surface area contributed by atoms with Crippen LogP contribution in [-0.4, -0.2) is 36.6 Å². The lowest BCUT2D eigenvalue weighted by Crippen LogP contribution is -2.39. The Bertz CT molecular complexity index is 433. The first-order valence-electron chi connectivity index (χ1n) is 7.15. The minimum Gasteiger partial charge on any atom is -0.385 e. The fraction of sp³-hybridized carbons (Fsp3) is 0.667. The lowest BCUT2D eigenvalue weighted by atomic mass is 10.0. The molecule has 4 nitrogen and oxygen atoms in total. The smallest absolute Gasteiger partial charge is 0.241 e. The number of hydrogen-bond acceptors (Lipinski definition) is 4. The number of methoxy groups -OCH3 is 1. The van der Waals surface area contributed by atoms with Crippen LogP contribution in [0.2, 0.25) is 0 Å². The Balaban J connectivity index is 2.21. The van der Waals surface area contributed by atoms with Gasteiger partial charge in [-0.05, 0) is 41.7 Å². The molecule has 0 aliphatic carbocycles. The van der Waals surface area contributed by atoms with Crippen LogP contribution in [0, 0.1) is 5.92 Å². The van der Waals surface area contributed by atoms with Gasteiger partial charge in [-0.25, -0.2) is 0 Å². The van der Waals surface area contributed by atoms with E-state index in [4.69, 9.17) is 4.74 Å². The van der Waals surface area contributed by atoms with E-state index in [1.165, 1.54) is 5.56 Å². The van der Waals surface area contributed by atoms with E-state index in [-0.39, 0.29) is 24.2 Å². The fourth-order valence-corrected chi connectivity index (χ4v) is 3.35. The molecule has 2 rings (SSSR count). The van der Waals surface area contributed by atoms with Crippen molar-refractivity contribution in [2.45, 2.75) is 45.4 Å². The Kier molecular flexibility index (Phi) is 5.18. The Hall–Kier alpha value is -0.910. The zero-order chi connectivity index (χ0) is 14.7. The van der Waals surface area contributed by atoms with Crippen LogP contribution in [0.25, 0.3) is 0 Å². The summed E-state index contributed by atoms with van der Waals surface area (Å²) in [4.78, 5) is 14.7. The molecule has 0 radical (unpaired) electrons. The highest BCUT2D eigenvalue weighted by Gasteiger charge is 2.43. The zero-order valence-electron chi connectivity index (χ0n) is 12.6. The number of amides is 1. The van der Waals surface area contributed by atoms with Crippen LogP contribution in [-0.2, 0) is 9.53 Å². The fourth-order valence-electron chi connectivity index (χ4n) is 2.67. The van der Waals surface area contributed by atoms with E-state index in [2.05, 4.69) is 42.9 Å². The molecule has 1 amide bonds.